The fourth-order valence-corrected chi connectivity index (χ4v) is 4.81. The molecular formula is C24H22ClF7N6O3. The molecule has 0 aliphatic carbocycles. The number of aliphatic hydroxyl groups is 1. The van der Waals surface area contributed by atoms with E-state index >= 15 is 0 Å². The summed E-state index contributed by atoms with van der Waals surface area (Å²) in [5.74, 6) is -3.21. The van der Waals surface area contributed by atoms with Gasteiger partial charge in [0.25, 0.3) is 11.8 Å². The van der Waals surface area contributed by atoms with Crippen LogP contribution in [0.15, 0.2) is 24.5 Å². The standard InChI is InChI=1S/C24H22ClF7N6O3/c1-3-22(41,24(30,31)32)21(40)37-7-14(26)15(8-37)36-20(39)12-5-11(4-10(2)17(12)25)16-6-13(23(27,28)29)18-19(33)34-9-35-38(16)18/h4-6,9,14-15,41H,3,7-8H2,1-2H3,(H,36,39)(H2,33,34,35)/t14-,15+,22?/m0/s1. The molecule has 0 radical (unpaired) electrons. The van der Waals surface area contributed by atoms with Gasteiger partial charge in [0, 0.05) is 12.1 Å². The van der Waals surface area contributed by atoms with Gasteiger partial charge in [-0.25, -0.2) is 13.9 Å². The average molecular weight is 611 g/mol. The second-order valence-corrected chi connectivity index (χ2v) is 9.90. The molecule has 1 aliphatic heterocycles. The molecule has 4 rings (SSSR count). The highest BCUT2D eigenvalue weighted by Gasteiger charge is 2.60. The fraction of sp³-hybridized carbons (Fsp3) is 0.417. The normalized spacial score (nSPS) is 19.4. The quantitative estimate of drug-likeness (QED) is 0.376. The molecule has 3 atom stereocenters. The Bertz CT molecular complexity index is 1530. The summed E-state index contributed by atoms with van der Waals surface area (Å²) < 4.78 is 96.9. The molecule has 0 bridgehead atoms. The maximum Gasteiger partial charge on any atom is 0.426 e. The van der Waals surface area contributed by atoms with Crippen molar-refractivity contribution in [3.05, 3.63) is 46.2 Å². The van der Waals surface area contributed by atoms with Gasteiger partial charge in [0.05, 0.1) is 34.4 Å². The zero-order valence-electron chi connectivity index (χ0n) is 21.2. The van der Waals surface area contributed by atoms with Gasteiger partial charge in [-0.05, 0) is 37.1 Å². The van der Waals surface area contributed by atoms with Crippen molar-refractivity contribution in [2.75, 3.05) is 18.8 Å². The van der Waals surface area contributed by atoms with Crippen molar-refractivity contribution in [3.8, 4) is 11.3 Å². The van der Waals surface area contributed by atoms with Crippen molar-refractivity contribution in [1.82, 2.24) is 24.8 Å². The molecule has 2 aromatic heterocycles. The summed E-state index contributed by atoms with van der Waals surface area (Å²) in [5.41, 5.74) is 0.182. The summed E-state index contributed by atoms with van der Waals surface area (Å²) in [6.45, 7) is 0.891. The Kier molecular flexibility index (Phi) is 7.62. The number of nitrogens with zero attached hydrogens (tertiary/aromatic N) is 4. The van der Waals surface area contributed by atoms with E-state index in [0.717, 1.165) is 29.9 Å². The molecule has 4 N–H and O–H groups in total. The van der Waals surface area contributed by atoms with E-state index in [1.54, 1.807) is 0 Å². The number of fused-ring (bicyclic) bond motifs is 1. The lowest BCUT2D eigenvalue weighted by Crippen LogP contribution is -2.57. The number of carbonyl (C=O) groups is 2. The number of halogens is 8. The number of nitrogens with one attached hydrogen (secondary N) is 1. The largest absolute Gasteiger partial charge is 0.426 e. The summed E-state index contributed by atoms with van der Waals surface area (Å²) in [5, 5.41) is 15.9. The Labute approximate surface area is 232 Å². The van der Waals surface area contributed by atoms with Crippen LogP contribution in [-0.2, 0) is 11.0 Å². The highest BCUT2D eigenvalue weighted by atomic mass is 35.5. The first-order valence-corrected chi connectivity index (χ1v) is 12.3. The Balaban J connectivity index is 1.66. The van der Waals surface area contributed by atoms with Crippen LogP contribution in [0.2, 0.25) is 5.02 Å². The first kappa shape index (κ1) is 30.3. The van der Waals surface area contributed by atoms with E-state index in [0.29, 0.717) is 4.90 Å². The van der Waals surface area contributed by atoms with E-state index in [1.165, 1.54) is 13.0 Å². The average Bonchev–Trinajstić information content (AvgIpc) is 3.45. The number of hydrogen-bond donors (Lipinski definition) is 3. The fourth-order valence-electron chi connectivity index (χ4n) is 4.62. The summed E-state index contributed by atoms with van der Waals surface area (Å²) in [7, 11) is 0. The first-order chi connectivity index (χ1) is 18.9. The SMILES string of the molecule is CCC(O)(C(=O)N1C[C@H](F)[C@H](NC(=O)c2cc(-c3cc(C(F)(F)F)c4c(N)ncnn34)cc(C)c2Cl)C1)C(F)(F)F. The molecule has 9 nitrogen and oxygen atoms in total. The van der Waals surface area contributed by atoms with Gasteiger partial charge in [-0.15, -0.1) is 0 Å². The van der Waals surface area contributed by atoms with Crippen LogP contribution >= 0.6 is 11.6 Å². The number of alkyl halides is 7. The third-order valence-electron chi connectivity index (χ3n) is 6.87. The van der Waals surface area contributed by atoms with Crippen LogP contribution in [0.1, 0.15) is 34.8 Å². The van der Waals surface area contributed by atoms with Crippen molar-refractivity contribution >= 4 is 34.7 Å². The second-order valence-electron chi connectivity index (χ2n) is 9.52. The van der Waals surface area contributed by atoms with Gasteiger partial charge in [-0.1, -0.05) is 18.5 Å². The van der Waals surface area contributed by atoms with Gasteiger partial charge in [-0.2, -0.15) is 31.4 Å². The molecule has 1 aromatic carbocycles. The number of nitrogen functional groups attached to an aromatic ring is 1. The van der Waals surface area contributed by atoms with E-state index in [1.807, 2.05) is 0 Å². The molecule has 3 aromatic rings. The third-order valence-corrected chi connectivity index (χ3v) is 7.37. The monoisotopic (exact) mass is 610 g/mol. The second kappa shape index (κ2) is 10.3. The Morgan fingerprint density at radius 2 is 1.83 bits per heavy atom. The molecule has 17 heteroatoms. The van der Waals surface area contributed by atoms with Gasteiger partial charge < -0.3 is 21.1 Å². The summed E-state index contributed by atoms with van der Waals surface area (Å²) in [4.78, 5) is 29.7. The number of likely N-dealkylation sites (tertiary alicyclic amines) is 1. The van der Waals surface area contributed by atoms with Gasteiger partial charge in [0.15, 0.2) is 5.82 Å². The number of nitrogens with two attached hydrogens (primary N) is 1. The molecule has 0 saturated carbocycles. The zero-order valence-corrected chi connectivity index (χ0v) is 22.0. The van der Waals surface area contributed by atoms with Crippen LogP contribution < -0.4 is 11.1 Å². The molecular weight excluding hydrogens is 589 g/mol. The molecule has 2 amide bonds. The molecule has 1 aliphatic rings. The number of aryl methyl sites for hydroxylation is 1. The molecule has 0 spiro atoms. The van der Waals surface area contributed by atoms with Crippen LogP contribution in [0, 0.1) is 6.92 Å². The maximum absolute atomic E-state index is 14.8. The number of anilines is 1. The molecule has 1 fully saturated rings. The molecule has 41 heavy (non-hydrogen) atoms. The molecule has 1 unspecified atom stereocenters. The number of benzene rings is 1. The van der Waals surface area contributed by atoms with Crippen molar-refractivity contribution in [3.63, 3.8) is 0 Å². The van der Waals surface area contributed by atoms with E-state index < -0.39 is 78.4 Å². The number of hydrogen-bond acceptors (Lipinski definition) is 6. The van der Waals surface area contributed by atoms with E-state index in [-0.39, 0.29) is 27.4 Å². The Morgan fingerprint density at radius 3 is 2.41 bits per heavy atom. The molecule has 3 heterocycles. The van der Waals surface area contributed by atoms with Gasteiger partial charge in [0.1, 0.15) is 18.0 Å². The van der Waals surface area contributed by atoms with Crippen LogP contribution in [0.4, 0.5) is 36.6 Å². The van der Waals surface area contributed by atoms with Crippen LogP contribution in [0.5, 0.6) is 0 Å². The van der Waals surface area contributed by atoms with Crippen molar-refractivity contribution in [1.29, 1.82) is 0 Å². The summed E-state index contributed by atoms with van der Waals surface area (Å²) in [6.07, 6.45) is -12.2. The minimum atomic E-state index is -5.32. The molecule has 1 saturated heterocycles. The van der Waals surface area contributed by atoms with E-state index in [2.05, 4.69) is 15.4 Å². The maximum atomic E-state index is 14.8. The number of aromatic nitrogens is 3. The third kappa shape index (κ3) is 5.25. The highest BCUT2D eigenvalue weighted by Crippen LogP contribution is 2.40. The van der Waals surface area contributed by atoms with Gasteiger partial charge in [0.2, 0.25) is 5.60 Å². The summed E-state index contributed by atoms with van der Waals surface area (Å²) >= 11 is 6.29. The minimum Gasteiger partial charge on any atom is -0.382 e. The lowest BCUT2D eigenvalue weighted by molar-refractivity contribution is -0.256. The lowest BCUT2D eigenvalue weighted by Gasteiger charge is -2.31. The predicted octanol–water partition coefficient (Wildman–Crippen LogP) is 3.94. The van der Waals surface area contributed by atoms with Crippen LogP contribution in [0.3, 0.4) is 0 Å². The van der Waals surface area contributed by atoms with E-state index in [4.69, 9.17) is 17.3 Å². The smallest absolute Gasteiger partial charge is 0.382 e. The minimum absolute atomic E-state index is 0.0545. The summed E-state index contributed by atoms with van der Waals surface area (Å²) in [6, 6.07) is 1.81. The van der Waals surface area contributed by atoms with Gasteiger partial charge in [-0.3, -0.25) is 9.59 Å². The van der Waals surface area contributed by atoms with Gasteiger partial charge >= 0.3 is 12.4 Å². The Hall–Kier alpha value is -3.66. The highest BCUT2D eigenvalue weighted by molar-refractivity contribution is 6.34. The van der Waals surface area contributed by atoms with Crippen molar-refractivity contribution < 1.29 is 45.4 Å². The van der Waals surface area contributed by atoms with E-state index in [9.17, 15) is 45.4 Å². The first-order valence-electron chi connectivity index (χ1n) is 11.9. The Morgan fingerprint density at radius 1 is 1.17 bits per heavy atom. The van der Waals surface area contributed by atoms with Crippen LogP contribution in [0.25, 0.3) is 16.8 Å². The van der Waals surface area contributed by atoms with Crippen molar-refractivity contribution in [2.24, 2.45) is 0 Å². The number of amides is 2. The predicted molar refractivity (Wildman–Crippen MR) is 132 cm³/mol. The lowest BCUT2D eigenvalue weighted by atomic mass is 9.98. The number of carbonyl (C=O) groups excluding carboxylic acids is 2. The van der Waals surface area contributed by atoms with Crippen LogP contribution in [-0.4, -0.2) is 73.5 Å². The molecule has 222 valence electrons. The zero-order chi connectivity index (χ0) is 30.7. The number of rotatable bonds is 5. The topological polar surface area (TPSA) is 126 Å². The van der Waals surface area contributed by atoms with Crippen molar-refractivity contribution in [2.45, 2.75) is 50.4 Å².